The Morgan fingerprint density at radius 3 is 2.20 bits per heavy atom. The molecule has 0 aliphatic carbocycles. The number of carbonyl (C=O) groups is 4. The molecule has 25 heavy (non-hydrogen) atoms. The number of rotatable bonds is 5. The molecule has 9 nitrogen and oxygen atoms in total. The maximum atomic E-state index is 12.3. The van der Waals surface area contributed by atoms with E-state index in [1.54, 1.807) is 20.8 Å². The molecule has 0 spiro atoms. The van der Waals surface area contributed by atoms with Crippen molar-refractivity contribution in [3.05, 3.63) is 0 Å². The zero-order chi connectivity index (χ0) is 19.2. The Bertz CT molecular complexity index is 519. The number of alkyl carbamates (subject to hydrolysis) is 1. The Hall–Kier alpha value is -2.32. The zero-order valence-corrected chi connectivity index (χ0v) is 15.0. The van der Waals surface area contributed by atoms with Crippen molar-refractivity contribution in [2.24, 2.45) is 5.92 Å². The summed E-state index contributed by atoms with van der Waals surface area (Å²) >= 11 is 0. The summed E-state index contributed by atoms with van der Waals surface area (Å²) in [5, 5.41) is 11.4. The molecule has 1 atom stereocenters. The second-order valence-electron chi connectivity index (χ2n) is 6.92. The van der Waals surface area contributed by atoms with Gasteiger partial charge in [0, 0.05) is 13.1 Å². The van der Waals surface area contributed by atoms with Crippen LogP contribution in [0.25, 0.3) is 0 Å². The molecule has 1 fully saturated rings. The fraction of sp³-hybridized carbons (Fsp3) is 0.750. The van der Waals surface area contributed by atoms with Crippen LogP contribution in [0.15, 0.2) is 0 Å². The number of methoxy groups -OCH3 is 1. The van der Waals surface area contributed by atoms with Crippen molar-refractivity contribution < 1.29 is 33.8 Å². The third-order valence-corrected chi connectivity index (χ3v) is 3.75. The molecule has 0 aromatic rings. The highest BCUT2D eigenvalue weighted by atomic mass is 16.6. The van der Waals surface area contributed by atoms with E-state index in [0.29, 0.717) is 25.9 Å². The molecule has 9 heteroatoms. The van der Waals surface area contributed by atoms with Crippen LogP contribution in [0.2, 0.25) is 0 Å². The highest BCUT2D eigenvalue weighted by Gasteiger charge is 2.31. The lowest BCUT2D eigenvalue weighted by Crippen LogP contribution is -2.48. The van der Waals surface area contributed by atoms with Gasteiger partial charge in [0.15, 0.2) is 0 Å². The van der Waals surface area contributed by atoms with E-state index in [1.807, 2.05) is 0 Å². The first-order valence-corrected chi connectivity index (χ1v) is 8.11. The van der Waals surface area contributed by atoms with Crippen molar-refractivity contribution in [1.29, 1.82) is 0 Å². The Morgan fingerprint density at radius 2 is 1.76 bits per heavy atom. The molecule has 2 N–H and O–H groups in total. The van der Waals surface area contributed by atoms with Gasteiger partial charge in [0.25, 0.3) is 0 Å². The number of nitrogens with zero attached hydrogens (tertiary/aromatic N) is 1. The van der Waals surface area contributed by atoms with Gasteiger partial charge in [-0.15, -0.1) is 0 Å². The van der Waals surface area contributed by atoms with Crippen LogP contribution in [0.1, 0.15) is 40.0 Å². The van der Waals surface area contributed by atoms with E-state index < -0.39 is 29.6 Å². The minimum Gasteiger partial charge on any atom is -0.480 e. The number of carboxylic acid groups (broad SMARTS) is 1. The lowest BCUT2D eigenvalue weighted by molar-refractivity contribution is -0.149. The lowest BCUT2D eigenvalue weighted by Gasteiger charge is -2.31. The summed E-state index contributed by atoms with van der Waals surface area (Å²) in [5.41, 5.74) is -0.771. The molecule has 1 heterocycles. The SMILES string of the molecule is COC(=O)C1CCN(C(=O)C[C@@H](NC(=O)OC(C)(C)C)C(=O)O)CC1. The first-order chi connectivity index (χ1) is 11.5. The largest absolute Gasteiger partial charge is 0.480 e. The predicted molar refractivity (Wildman–Crippen MR) is 86.7 cm³/mol. The van der Waals surface area contributed by atoms with Crippen LogP contribution in [0, 0.1) is 5.92 Å². The second kappa shape index (κ2) is 8.68. The van der Waals surface area contributed by atoms with Gasteiger partial charge in [0.2, 0.25) is 5.91 Å². The van der Waals surface area contributed by atoms with E-state index in [-0.39, 0.29) is 18.3 Å². The molecular weight excluding hydrogens is 332 g/mol. The molecule has 142 valence electrons. The monoisotopic (exact) mass is 358 g/mol. The number of nitrogens with one attached hydrogen (secondary N) is 1. The number of aliphatic carboxylic acids is 1. The average Bonchev–Trinajstić information content (AvgIpc) is 2.51. The number of carboxylic acids is 1. The van der Waals surface area contributed by atoms with Crippen molar-refractivity contribution in [3.63, 3.8) is 0 Å². The van der Waals surface area contributed by atoms with E-state index in [1.165, 1.54) is 12.0 Å². The van der Waals surface area contributed by atoms with Gasteiger partial charge in [-0.05, 0) is 33.6 Å². The standard InChI is InChI=1S/C16H26N2O7/c1-16(2,3)25-15(23)17-11(13(20)21)9-12(19)18-7-5-10(6-8-18)14(22)24-4/h10-11H,5-9H2,1-4H3,(H,17,23)(H,20,21)/t11-/m1/s1. The number of likely N-dealkylation sites (tertiary alicyclic amines) is 1. The Morgan fingerprint density at radius 1 is 1.20 bits per heavy atom. The molecule has 1 aliphatic heterocycles. The van der Waals surface area contributed by atoms with E-state index in [2.05, 4.69) is 10.1 Å². The second-order valence-corrected chi connectivity index (χ2v) is 6.92. The smallest absolute Gasteiger partial charge is 0.408 e. The van der Waals surface area contributed by atoms with Crippen LogP contribution < -0.4 is 5.32 Å². The Balaban J connectivity index is 2.56. The Kier molecular flexibility index (Phi) is 7.20. The highest BCUT2D eigenvalue weighted by molar-refractivity contribution is 5.87. The first kappa shape index (κ1) is 20.7. The van der Waals surface area contributed by atoms with Crippen molar-refractivity contribution >= 4 is 23.9 Å². The number of esters is 1. The quantitative estimate of drug-likeness (QED) is 0.696. The van der Waals surface area contributed by atoms with Crippen molar-refractivity contribution in [2.45, 2.75) is 51.7 Å². The van der Waals surface area contributed by atoms with Crippen LogP contribution in [-0.4, -0.2) is 65.8 Å². The number of carbonyl (C=O) groups excluding carboxylic acids is 3. The van der Waals surface area contributed by atoms with Gasteiger partial charge in [-0.2, -0.15) is 0 Å². The molecule has 0 bridgehead atoms. The molecule has 0 radical (unpaired) electrons. The third kappa shape index (κ3) is 6.98. The molecule has 1 rings (SSSR count). The van der Waals surface area contributed by atoms with E-state index in [0.717, 1.165) is 0 Å². The topological polar surface area (TPSA) is 122 Å². The number of hydrogen-bond acceptors (Lipinski definition) is 6. The maximum Gasteiger partial charge on any atom is 0.408 e. The van der Waals surface area contributed by atoms with Crippen LogP contribution in [0.5, 0.6) is 0 Å². The fourth-order valence-electron chi connectivity index (χ4n) is 2.48. The minimum absolute atomic E-state index is 0.246. The van der Waals surface area contributed by atoms with Gasteiger partial charge < -0.3 is 24.8 Å². The average molecular weight is 358 g/mol. The van der Waals surface area contributed by atoms with Crippen molar-refractivity contribution in [3.8, 4) is 0 Å². The minimum atomic E-state index is -1.37. The summed E-state index contributed by atoms with van der Waals surface area (Å²) in [6.45, 7) is 5.64. The molecule has 0 aromatic heterocycles. The first-order valence-electron chi connectivity index (χ1n) is 8.11. The zero-order valence-electron chi connectivity index (χ0n) is 15.0. The fourth-order valence-corrected chi connectivity index (χ4v) is 2.48. The number of piperidine rings is 1. The van der Waals surface area contributed by atoms with Crippen LogP contribution in [0.4, 0.5) is 4.79 Å². The van der Waals surface area contributed by atoms with Gasteiger partial charge in [0.1, 0.15) is 11.6 Å². The summed E-state index contributed by atoms with van der Waals surface area (Å²) < 4.78 is 9.69. The van der Waals surface area contributed by atoms with Crippen molar-refractivity contribution in [2.75, 3.05) is 20.2 Å². The molecule has 1 saturated heterocycles. The van der Waals surface area contributed by atoms with Crippen LogP contribution in [0.3, 0.4) is 0 Å². The molecule has 0 saturated carbocycles. The van der Waals surface area contributed by atoms with E-state index in [9.17, 15) is 24.3 Å². The maximum absolute atomic E-state index is 12.3. The predicted octanol–water partition coefficient (Wildman–Crippen LogP) is 0.766. The van der Waals surface area contributed by atoms with Crippen LogP contribution >= 0.6 is 0 Å². The summed E-state index contributed by atoms with van der Waals surface area (Å²) in [6, 6.07) is -1.37. The lowest BCUT2D eigenvalue weighted by atomic mass is 9.96. The van der Waals surface area contributed by atoms with Gasteiger partial charge >= 0.3 is 18.0 Å². The van der Waals surface area contributed by atoms with E-state index >= 15 is 0 Å². The van der Waals surface area contributed by atoms with E-state index in [4.69, 9.17) is 4.74 Å². The summed E-state index contributed by atoms with van der Waals surface area (Å²) in [4.78, 5) is 48.3. The van der Waals surface area contributed by atoms with Gasteiger partial charge in [0.05, 0.1) is 19.4 Å². The third-order valence-electron chi connectivity index (χ3n) is 3.75. The molecule has 0 unspecified atom stereocenters. The number of ether oxygens (including phenoxy) is 2. The molecule has 1 aliphatic rings. The highest BCUT2D eigenvalue weighted by Crippen LogP contribution is 2.19. The number of amides is 2. The normalized spacial score (nSPS) is 16.7. The molecule has 0 aromatic carbocycles. The number of hydrogen-bond donors (Lipinski definition) is 2. The van der Waals surface area contributed by atoms with Crippen molar-refractivity contribution in [1.82, 2.24) is 10.2 Å². The van der Waals surface area contributed by atoms with Gasteiger partial charge in [-0.25, -0.2) is 9.59 Å². The van der Waals surface area contributed by atoms with Gasteiger partial charge in [-0.3, -0.25) is 9.59 Å². The molecular formula is C16H26N2O7. The Labute approximate surface area is 146 Å². The summed E-state index contributed by atoms with van der Waals surface area (Å²) in [5.74, 6) is -2.26. The summed E-state index contributed by atoms with van der Waals surface area (Å²) in [7, 11) is 1.32. The van der Waals surface area contributed by atoms with Crippen LogP contribution in [-0.2, 0) is 23.9 Å². The summed E-state index contributed by atoms with van der Waals surface area (Å²) in [6.07, 6.45) is -0.333. The molecule has 2 amide bonds. The van der Waals surface area contributed by atoms with Gasteiger partial charge in [-0.1, -0.05) is 0 Å².